The molecule has 0 unspecified atom stereocenters. The van der Waals surface area contributed by atoms with E-state index in [0.717, 1.165) is 35.2 Å². The zero-order valence-corrected chi connectivity index (χ0v) is 11.5. The zero-order valence-electron chi connectivity index (χ0n) is 11.5. The molecule has 4 rings (SSSR count). The largest absolute Gasteiger partial charge is 0.213 e. The van der Waals surface area contributed by atoms with E-state index in [1.54, 1.807) is 6.20 Å². The number of aromatic nitrogens is 4. The van der Waals surface area contributed by atoms with Crippen LogP contribution >= 0.6 is 0 Å². The smallest absolute Gasteiger partial charge is 0.163 e. The van der Waals surface area contributed by atoms with Gasteiger partial charge in [-0.15, -0.1) is 0 Å². The lowest BCUT2D eigenvalue weighted by Crippen LogP contribution is -2.07. The van der Waals surface area contributed by atoms with Crippen LogP contribution in [0.1, 0.15) is 24.2 Å². The van der Waals surface area contributed by atoms with Crippen molar-refractivity contribution in [2.75, 3.05) is 0 Å². The highest BCUT2D eigenvalue weighted by molar-refractivity contribution is 5.58. The molecule has 0 atom stereocenters. The van der Waals surface area contributed by atoms with Crippen LogP contribution in [0.5, 0.6) is 0 Å². The second-order valence-corrected chi connectivity index (χ2v) is 5.58. The van der Waals surface area contributed by atoms with Gasteiger partial charge in [0.1, 0.15) is 5.82 Å². The summed E-state index contributed by atoms with van der Waals surface area (Å²) in [5.41, 5.74) is 3.18. The molecule has 0 spiro atoms. The average molecular weight is 264 g/mol. The lowest BCUT2D eigenvalue weighted by molar-refractivity contribution is 0.711. The predicted molar refractivity (Wildman–Crippen MR) is 77.4 cm³/mol. The minimum absolute atomic E-state index is 0.780. The van der Waals surface area contributed by atoms with Crippen LogP contribution < -0.4 is 0 Å². The topological polar surface area (TPSA) is 43.1 Å². The number of hydrogen-bond acceptors (Lipinski definition) is 3. The molecular weight excluding hydrogens is 248 g/mol. The fourth-order valence-electron chi connectivity index (χ4n) is 2.51. The van der Waals surface area contributed by atoms with Crippen LogP contribution in [0.2, 0.25) is 0 Å². The Labute approximate surface area is 117 Å². The molecule has 0 saturated heterocycles. The van der Waals surface area contributed by atoms with E-state index in [-0.39, 0.29) is 0 Å². The molecule has 0 bridgehead atoms. The van der Waals surface area contributed by atoms with Crippen LogP contribution in [-0.2, 0) is 6.42 Å². The second-order valence-electron chi connectivity index (χ2n) is 5.58. The van der Waals surface area contributed by atoms with Crippen molar-refractivity contribution in [3.8, 4) is 11.4 Å². The molecule has 1 aromatic carbocycles. The molecule has 0 amide bonds. The van der Waals surface area contributed by atoms with Gasteiger partial charge in [-0.1, -0.05) is 23.8 Å². The van der Waals surface area contributed by atoms with Crippen LogP contribution in [-0.4, -0.2) is 19.6 Å². The first-order chi connectivity index (χ1) is 9.79. The third kappa shape index (κ3) is 2.07. The van der Waals surface area contributed by atoms with E-state index < -0.39 is 0 Å². The second kappa shape index (κ2) is 4.40. The highest BCUT2D eigenvalue weighted by atomic mass is 15.3. The Hall–Kier alpha value is -2.23. The van der Waals surface area contributed by atoms with Gasteiger partial charge in [-0.05, 0) is 31.7 Å². The molecule has 20 heavy (non-hydrogen) atoms. The maximum Gasteiger partial charge on any atom is 0.163 e. The number of benzene rings is 1. The van der Waals surface area contributed by atoms with E-state index in [2.05, 4.69) is 41.3 Å². The molecule has 100 valence electrons. The monoisotopic (exact) mass is 264 g/mol. The maximum atomic E-state index is 4.75. The fourth-order valence-corrected chi connectivity index (χ4v) is 2.51. The van der Waals surface area contributed by atoms with Crippen molar-refractivity contribution in [1.82, 2.24) is 19.6 Å². The molecule has 0 radical (unpaired) electrons. The van der Waals surface area contributed by atoms with Crippen molar-refractivity contribution in [2.45, 2.75) is 26.2 Å². The highest BCUT2D eigenvalue weighted by Gasteiger charge is 2.24. The maximum absolute atomic E-state index is 4.75. The molecule has 1 aliphatic rings. The minimum Gasteiger partial charge on any atom is -0.213 e. The summed E-state index contributed by atoms with van der Waals surface area (Å²) < 4.78 is 1.87. The molecule has 0 aliphatic heterocycles. The molecule has 0 N–H and O–H groups in total. The van der Waals surface area contributed by atoms with E-state index in [4.69, 9.17) is 4.98 Å². The summed E-state index contributed by atoms with van der Waals surface area (Å²) in [6.45, 7) is 2.09. The Morgan fingerprint density at radius 3 is 2.90 bits per heavy atom. The van der Waals surface area contributed by atoms with Gasteiger partial charge in [0.15, 0.2) is 11.5 Å². The standard InChI is InChI=1S/C16H16N4/c1-11-3-2-4-13(9-11)16-18-14-7-8-17-20(14)15(19-16)10-12-5-6-12/h2-4,7-9,12H,5-6,10H2,1H3. The van der Waals surface area contributed by atoms with Crippen LogP contribution in [0.3, 0.4) is 0 Å². The van der Waals surface area contributed by atoms with Crippen LogP contribution in [0.4, 0.5) is 0 Å². The van der Waals surface area contributed by atoms with Crippen LogP contribution in [0, 0.1) is 12.8 Å². The van der Waals surface area contributed by atoms with E-state index in [0.29, 0.717) is 0 Å². The average Bonchev–Trinajstić information content (AvgIpc) is 3.13. The minimum atomic E-state index is 0.780. The molecule has 1 fully saturated rings. The van der Waals surface area contributed by atoms with E-state index >= 15 is 0 Å². The Morgan fingerprint density at radius 1 is 1.20 bits per heavy atom. The fraction of sp³-hybridized carbons (Fsp3) is 0.312. The van der Waals surface area contributed by atoms with Gasteiger partial charge in [0.25, 0.3) is 0 Å². The number of aryl methyl sites for hydroxylation is 1. The number of fused-ring (bicyclic) bond motifs is 1. The summed E-state index contributed by atoms with van der Waals surface area (Å²) in [6.07, 6.45) is 5.42. The third-order valence-corrected chi connectivity index (χ3v) is 3.77. The van der Waals surface area contributed by atoms with Crippen LogP contribution in [0.15, 0.2) is 36.5 Å². The van der Waals surface area contributed by atoms with Crippen molar-refractivity contribution < 1.29 is 0 Å². The first-order valence-corrected chi connectivity index (χ1v) is 7.07. The van der Waals surface area contributed by atoms with Crippen LogP contribution in [0.25, 0.3) is 17.0 Å². The Kier molecular flexibility index (Phi) is 2.55. The molecule has 1 aliphatic carbocycles. The van der Waals surface area contributed by atoms with Crippen molar-refractivity contribution in [1.29, 1.82) is 0 Å². The third-order valence-electron chi connectivity index (χ3n) is 3.77. The lowest BCUT2D eigenvalue weighted by atomic mass is 10.1. The summed E-state index contributed by atoms with van der Waals surface area (Å²) in [7, 11) is 0. The molecule has 2 aromatic heterocycles. The predicted octanol–water partition coefficient (Wildman–Crippen LogP) is 3.05. The van der Waals surface area contributed by atoms with Crippen molar-refractivity contribution in [2.24, 2.45) is 5.92 Å². The van der Waals surface area contributed by atoms with Gasteiger partial charge in [0.2, 0.25) is 0 Å². The number of rotatable bonds is 3. The van der Waals surface area contributed by atoms with E-state index in [9.17, 15) is 0 Å². The normalized spacial score (nSPS) is 14.8. The molecule has 1 saturated carbocycles. The van der Waals surface area contributed by atoms with Crippen molar-refractivity contribution in [3.05, 3.63) is 47.9 Å². The summed E-state index contributed by atoms with van der Waals surface area (Å²) in [5, 5.41) is 4.34. The molecule has 4 nitrogen and oxygen atoms in total. The first-order valence-electron chi connectivity index (χ1n) is 7.07. The van der Waals surface area contributed by atoms with Gasteiger partial charge in [0.05, 0.1) is 6.20 Å². The lowest BCUT2D eigenvalue weighted by Gasteiger charge is -2.07. The highest BCUT2D eigenvalue weighted by Crippen LogP contribution is 2.32. The Morgan fingerprint density at radius 2 is 2.10 bits per heavy atom. The van der Waals surface area contributed by atoms with E-state index in [1.165, 1.54) is 18.4 Å². The van der Waals surface area contributed by atoms with Gasteiger partial charge in [0, 0.05) is 18.1 Å². The Bertz CT molecular complexity index is 771. The van der Waals surface area contributed by atoms with Gasteiger partial charge >= 0.3 is 0 Å². The molecule has 4 heteroatoms. The summed E-state index contributed by atoms with van der Waals surface area (Å²) >= 11 is 0. The zero-order chi connectivity index (χ0) is 13.5. The molecule has 2 heterocycles. The van der Waals surface area contributed by atoms with Gasteiger partial charge in [-0.25, -0.2) is 14.5 Å². The molecular formula is C16H16N4. The van der Waals surface area contributed by atoms with Gasteiger partial charge in [-0.3, -0.25) is 0 Å². The number of hydrogen-bond donors (Lipinski definition) is 0. The summed E-state index contributed by atoms with van der Waals surface area (Å²) in [5.74, 6) is 2.61. The van der Waals surface area contributed by atoms with Crippen molar-refractivity contribution >= 4 is 5.65 Å². The first kappa shape index (κ1) is 11.6. The summed E-state index contributed by atoms with van der Waals surface area (Å²) in [4.78, 5) is 9.38. The van der Waals surface area contributed by atoms with Gasteiger partial charge in [-0.2, -0.15) is 5.10 Å². The quantitative estimate of drug-likeness (QED) is 0.730. The Balaban J connectivity index is 1.86. The molecule has 3 aromatic rings. The van der Waals surface area contributed by atoms with Gasteiger partial charge < -0.3 is 0 Å². The van der Waals surface area contributed by atoms with E-state index in [1.807, 2.05) is 10.6 Å². The summed E-state index contributed by atoms with van der Waals surface area (Å²) in [6, 6.07) is 10.3. The number of nitrogens with zero attached hydrogens (tertiary/aromatic N) is 4. The SMILES string of the molecule is Cc1cccc(-c2nc(CC3CC3)n3nccc3n2)c1. The van der Waals surface area contributed by atoms with Crippen molar-refractivity contribution in [3.63, 3.8) is 0 Å².